The average Bonchev–Trinajstić information content (AvgIpc) is 1.95. The molecule has 0 rings (SSSR count). The third kappa shape index (κ3) is 5.08. The number of sulfone groups is 1. The molecule has 0 aromatic rings. The van der Waals surface area contributed by atoms with Crippen molar-refractivity contribution in [1.82, 2.24) is 5.32 Å². The molecule has 0 saturated heterocycles. The Morgan fingerprint density at radius 2 is 2.17 bits per heavy atom. The van der Waals surface area contributed by atoms with Gasteiger partial charge in [-0.15, -0.1) is 0 Å². The second kappa shape index (κ2) is 5.90. The Morgan fingerprint density at radius 1 is 1.58 bits per heavy atom. The van der Waals surface area contributed by atoms with E-state index in [2.05, 4.69) is 21.2 Å². The summed E-state index contributed by atoms with van der Waals surface area (Å²) >= 11 is 3.23. The summed E-state index contributed by atoms with van der Waals surface area (Å²) in [6.07, 6.45) is 1.21. The molecule has 0 aromatic carbocycles. The highest BCUT2D eigenvalue weighted by Crippen LogP contribution is 1.94. The molecule has 12 heavy (non-hydrogen) atoms. The van der Waals surface area contributed by atoms with E-state index in [0.29, 0.717) is 6.54 Å². The molecule has 0 spiro atoms. The van der Waals surface area contributed by atoms with Gasteiger partial charge in [-0.2, -0.15) is 0 Å². The minimum Gasteiger partial charge on any atom is -0.329 e. The molecule has 0 amide bonds. The molecule has 1 unspecified atom stereocenters. The molecule has 0 aliphatic heterocycles. The van der Waals surface area contributed by atoms with E-state index in [1.54, 1.807) is 0 Å². The van der Waals surface area contributed by atoms with Crippen molar-refractivity contribution in [2.75, 3.05) is 31.2 Å². The van der Waals surface area contributed by atoms with Crippen LogP contribution in [0.4, 0.5) is 0 Å². The van der Waals surface area contributed by atoms with Crippen molar-refractivity contribution in [3.05, 3.63) is 0 Å². The number of nitrogens with one attached hydrogen (secondary N) is 1. The molecule has 0 heterocycles. The summed E-state index contributed by atoms with van der Waals surface area (Å²) in [4.78, 5) is 0. The molecule has 1 atom stereocenters. The van der Waals surface area contributed by atoms with Gasteiger partial charge in [0.1, 0.15) is 0 Å². The van der Waals surface area contributed by atoms with Gasteiger partial charge in [-0.05, 0) is 0 Å². The fourth-order valence-electron chi connectivity index (χ4n) is 0.739. The van der Waals surface area contributed by atoms with Crippen LogP contribution in [0.2, 0.25) is 0 Å². The summed E-state index contributed by atoms with van der Waals surface area (Å²) in [5, 5.41) is 3.34. The van der Waals surface area contributed by atoms with Crippen molar-refractivity contribution in [3.8, 4) is 0 Å². The summed E-state index contributed by atoms with van der Waals surface area (Å²) in [7, 11) is -3.00. The number of rotatable bonds is 6. The monoisotopic (exact) mass is 258 g/mol. The maximum absolute atomic E-state index is 11.0. The molecule has 6 heteroatoms. The minimum atomic E-state index is -3.00. The van der Waals surface area contributed by atoms with Crippen LogP contribution in [0.3, 0.4) is 0 Å². The van der Waals surface area contributed by atoms with Gasteiger partial charge in [0.15, 0.2) is 9.84 Å². The van der Waals surface area contributed by atoms with Crippen LogP contribution in [0.15, 0.2) is 0 Å². The predicted octanol–water partition coefficient (Wildman–Crippen LogP) is -0.657. The number of alkyl halides is 1. The van der Waals surface area contributed by atoms with E-state index < -0.39 is 15.1 Å². The summed E-state index contributed by atoms with van der Waals surface area (Å²) in [6, 6.07) is 0. The van der Waals surface area contributed by atoms with Crippen molar-refractivity contribution in [3.63, 3.8) is 0 Å². The van der Waals surface area contributed by atoms with Crippen LogP contribution in [0.25, 0.3) is 0 Å². The lowest BCUT2D eigenvalue weighted by Crippen LogP contribution is -2.39. The summed E-state index contributed by atoms with van der Waals surface area (Å²) in [5.41, 5.74) is 5.31. The Kier molecular flexibility index (Phi) is 6.08. The second-order valence-electron chi connectivity index (χ2n) is 2.58. The van der Waals surface area contributed by atoms with Crippen LogP contribution in [-0.4, -0.2) is 44.9 Å². The van der Waals surface area contributed by atoms with E-state index in [-0.39, 0.29) is 6.54 Å². The second-order valence-corrected chi connectivity index (χ2v) is 5.70. The van der Waals surface area contributed by atoms with Crippen molar-refractivity contribution in [2.24, 2.45) is 5.73 Å². The lowest BCUT2D eigenvalue weighted by atomic mass is 10.4. The molecule has 3 N–H and O–H groups in total. The van der Waals surface area contributed by atoms with E-state index in [0.717, 1.165) is 11.9 Å². The molecule has 74 valence electrons. The molecule has 0 bridgehead atoms. The Balaban J connectivity index is 3.85. The highest BCUT2D eigenvalue weighted by molar-refractivity contribution is 9.09. The van der Waals surface area contributed by atoms with Gasteiger partial charge >= 0.3 is 0 Å². The number of hydrogen-bond donors (Lipinski definition) is 2. The number of halogens is 1. The molecule has 4 nitrogen and oxygen atoms in total. The normalized spacial score (nSPS) is 14.6. The topological polar surface area (TPSA) is 72.2 Å². The summed E-state index contributed by atoms with van der Waals surface area (Å²) in [5.74, 6) is 0. The van der Waals surface area contributed by atoms with Crippen LogP contribution in [0, 0.1) is 0 Å². The predicted molar refractivity (Wildman–Crippen MR) is 54.3 cm³/mol. The van der Waals surface area contributed by atoms with Gasteiger partial charge in [0, 0.05) is 31.2 Å². The SMILES string of the molecule is CS(=O)(=O)C(CN)CNCCBr. The summed E-state index contributed by atoms with van der Waals surface area (Å²) < 4.78 is 22.0. The van der Waals surface area contributed by atoms with Crippen molar-refractivity contribution < 1.29 is 8.42 Å². The van der Waals surface area contributed by atoms with Crippen LogP contribution < -0.4 is 11.1 Å². The first-order chi connectivity index (χ1) is 5.52. The van der Waals surface area contributed by atoms with Crippen LogP contribution in [-0.2, 0) is 9.84 Å². The molecule has 0 aliphatic rings. The molecule has 0 saturated carbocycles. The average molecular weight is 259 g/mol. The maximum atomic E-state index is 11.0. The van der Waals surface area contributed by atoms with Crippen molar-refractivity contribution >= 4 is 25.8 Å². The van der Waals surface area contributed by atoms with E-state index in [4.69, 9.17) is 5.73 Å². The first-order valence-corrected chi connectivity index (χ1v) is 6.75. The first kappa shape index (κ1) is 12.3. The van der Waals surface area contributed by atoms with E-state index >= 15 is 0 Å². The minimum absolute atomic E-state index is 0.175. The molecular weight excluding hydrogens is 244 g/mol. The van der Waals surface area contributed by atoms with E-state index in [9.17, 15) is 8.42 Å². The molecular formula is C6H15BrN2O2S. The highest BCUT2D eigenvalue weighted by atomic mass is 79.9. The quantitative estimate of drug-likeness (QED) is 0.491. The van der Waals surface area contributed by atoms with E-state index in [1.165, 1.54) is 6.26 Å². The van der Waals surface area contributed by atoms with Gasteiger partial charge in [-0.3, -0.25) is 0 Å². The van der Waals surface area contributed by atoms with Gasteiger partial charge in [0.05, 0.1) is 5.25 Å². The zero-order valence-electron chi connectivity index (χ0n) is 7.09. The standard InChI is InChI=1S/C6H15BrN2O2S/c1-12(10,11)6(4-8)5-9-3-2-7/h6,9H,2-5,8H2,1H3. The van der Waals surface area contributed by atoms with Crippen molar-refractivity contribution in [1.29, 1.82) is 0 Å². The Labute approximate surface area is 81.9 Å². The number of nitrogens with two attached hydrogens (primary N) is 1. The Bertz CT molecular complexity index is 206. The zero-order chi connectivity index (χ0) is 9.61. The van der Waals surface area contributed by atoms with Gasteiger partial charge in [-0.1, -0.05) is 15.9 Å². The molecule has 0 aliphatic carbocycles. The fraction of sp³-hybridized carbons (Fsp3) is 1.00. The van der Waals surface area contributed by atoms with Crippen LogP contribution in [0.1, 0.15) is 0 Å². The Morgan fingerprint density at radius 3 is 2.50 bits per heavy atom. The molecule has 0 aromatic heterocycles. The van der Waals surface area contributed by atoms with Gasteiger partial charge in [0.25, 0.3) is 0 Å². The molecule has 0 fully saturated rings. The van der Waals surface area contributed by atoms with Crippen LogP contribution in [0.5, 0.6) is 0 Å². The van der Waals surface area contributed by atoms with E-state index in [1.807, 2.05) is 0 Å². The smallest absolute Gasteiger partial charge is 0.152 e. The third-order valence-electron chi connectivity index (χ3n) is 1.51. The lowest BCUT2D eigenvalue weighted by Gasteiger charge is -2.12. The fourth-order valence-corrected chi connectivity index (χ4v) is 1.79. The maximum Gasteiger partial charge on any atom is 0.152 e. The largest absolute Gasteiger partial charge is 0.329 e. The van der Waals surface area contributed by atoms with Gasteiger partial charge < -0.3 is 11.1 Å². The Hall–Kier alpha value is 0.350. The van der Waals surface area contributed by atoms with Gasteiger partial charge in [0.2, 0.25) is 0 Å². The third-order valence-corrected chi connectivity index (χ3v) is 3.48. The van der Waals surface area contributed by atoms with Crippen LogP contribution >= 0.6 is 15.9 Å². The first-order valence-electron chi connectivity index (χ1n) is 3.68. The highest BCUT2D eigenvalue weighted by Gasteiger charge is 2.17. The number of hydrogen-bond acceptors (Lipinski definition) is 4. The molecule has 0 radical (unpaired) electrons. The zero-order valence-corrected chi connectivity index (χ0v) is 9.49. The summed E-state index contributed by atoms with van der Waals surface area (Å²) in [6.45, 7) is 1.36. The van der Waals surface area contributed by atoms with Crippen molar-refractivity contribution in [2.45, 2.75) is 5.25 Å². The lowest BCUT2D eigenvalue weighted by molar-refractivity contribution is 0.574. The van der Waals surface area contributed by atoms with Gasteiger partial charge in [-0.25, -0.2) is 8.42 Å².